The minimum Gasteiger partial charge on any atom is -0.482 e. The fraction of sp³-hybridized carbons (Fsp3) is 0.231. The summed E-state index contributed by atoms with van der Waals surface area (Å²) in [5, 5.41) is 14.7. The number of rotatable bonds is 10. The van der Waals surface area contributed by atoms with Gasteiger partial charge in [0.25, 0.3) is 0 Å². The van der Waals surface area contributed by atoms with Crippen molar-refractivity contribution in [2.45, 2.75) is 38.6 Å². The minimum absolute atomic E-state index is 0.154. The summed E-state index contributed by atoms with van der Waals surface area (Å²) in [4.78, 5) is 17.1. The van der Waals surface area contributed by atoms with Gasteiger partial charge < -0.3 is 10.1 Å². The predicted octanol–water partition coefficient (Wildman–Crippen LogP) is 6.08. The number of aryl methyl sites for hydroxylation is 1. The van der Waals surface area contributed by atoms with Crippen LogP contribution in [0.1, 0.15) is 30.0 Å². The SMILES string of the molecule is C=CCn1c(SCC(=O)Nc2nc(-c3ccccc3)cs2)nnc1C(C)Oc1cccc(C)c1C. The van der Waals surface area contributed by atoms with Gasteiger partial charge in [0, 0.05) is 17.5 Å². The zero-order valence-corrected chi connectivity index (χ0v) is 21.5. The van der Waals surface area contributed by atoms with Crippen LogP contribution in [0, 0.1) is 13.8 Å². The first-order valence-corrected chi connectivity index (χ1v) is 13.0. The molecule has 0 saturated heterocycles. The fourth-order valence-corrected chi connectivity index (χ4v) is 4.95. The number of hydrogen-bond acceptors (Lipinski definition) is 7. The standard InChI is InChI=1S/C26H27N5O2S2/c1-5-14-31-24(19(4)33-22-13-9-10-17(2)18(22)3)29-30-26(31)35-16-23(32)28-25-27-21(15-34-25)20-11-7-6-8-12-20/h5-13,15,19H,1,14,16H2,2-4H3,(H,27,28,32). The molecule has 4 aromatic rings. The second-order valence-electron chi connectivity index (χ2n) is 7.94. The predicted molar refractivity (Wildman–Crippen MR) is 142 cm³/mol. The quantitative estimate of drug-likeness (QED) is 0.208. The largest absolute Gasteiger partial charge is 0.482 e. The Morgan fingerprint density at radius 3 is 2.77 bits per heavy atom. The van der Waals surface area contributed by atoms with E-state index in [-0.39, 0.29) is 17.8 Å². The highest BCUT2D eigenvalue weighted by Gasteiger charge is 2.20. The van der Waals surface area contributed by atoms with Crippen LogP contribution in [-0.4, -0.2) is 31.4 Å². The molecule has 0 fully saturated rings. The molecule has 2 aromatic carbocycles. The zero-order chi connectivity index (χ0) is 24.8. The second kappa shape index (κ2) is 11.3. The molecule has 1 amide bonds. The van der Waals surface area contributed by atoms with Crippen molar-refractivity contribution in [3.05, 3.63) is 83.5 Å². The average molecular weight is 506 g/mol. The highest BCUT2D eigenvalue weighted by Crippen LogP contribution is 2.29. The smallest absolute Gasteiger partial charge is 0.236 e. The summed E-state index contributed by atoms with van der Waals surface area (Å²) in [7, 11) is 0. The summed E-state index contributed by atoms with van der Waals surface area (Å²) in [6.45, 7) is 10.4. The summed E-state index contributed by atoms with van der Waals surface area (Å²) >= 11 is 2.72. The summed E-state index contributed by atoms with van der Waals surface area (Å²) in [6, 6.07) is 15.9. The molecule has 1 N–H and O–H groups in total. The third-order valence-corrected chi connectivity index (χ3v) is 7.16. The van der Waals surface area contributed by atoms with E-state index in [1.54, 1.807) is 6.08 Å². The molecule has 2 heterocycles. The van der Waals surface area contributed by atoms with E-state index in [0.717, 1.165) is 22.6 Å². The van der Waals surface area contributed by atoms with Gasteiger partial charge in [0.2, 0.25) is 5.91 Å². The van der Waals surface area contributed by atoms with Gasteiger partial charge in [-0.1, -0.05) is 60.3 Å². The maximum Gasteiger partial charge on any atom is 0.236 e. The van der Waals surface area contributed by atoms with Gasteiger partial charge in [-0.25, -0.2) is 4.98 Å². The van der Waals surface area contributed by atoms with Crippen LogP contribution in [-0.2, 0) is 11.3 Å². The number of ether oxygens (including phenoxy) is 1. The number of benzene rings is 2. The molecule has 0 radical (unpaired) electrons. The number of aromatic nitrogens is 4. The zero-order valence-electron chi connectivity index (χ0n) is 19.9. The summed E-state index contributed by atoms with van der Waals surface area (Å²) in [5.74, 6) is 1.53. The molecule has 0 bridgehead atoms. The molecule has 180 valence electrons. The van der Waals surface area contributed by atoms with Crippen LogP contribution < -0.4 is 10.1 Å². The Kier molecular flexibility index (Phi) is 7.99. The van der Waals surface area contributed by atoms with Gasteiger partial charge in [0.15, 0.2) is 22.2 Å². The maximum atomic E-state index is 12.6. The molecule has 0 aliphatic heterocycles. The van der Waals surface area contributed by atoms with Crippen LogP contribution in [0.4, 0.5) is 5.13 Å². The van der Waals surface area contributed by atoms with Crippen molar-refractivity contribution in [2.75, 3.05) is 11.1 Å². The summed E-state index contributed by atoms with van der Waals surface area (Å²) in [5.41, 5.74) is 4.12. The lowest BCUT2D eigenvalue weighted by atomic mass is 10.1. The van der Waals surface area contributed by atoms with Gasteiger partial charge in [-0.05, 0) is 38.0 Å². The normalized spacial score (nSPS) is 11.7. The molecule has 9 heteroatoms. The molecule has 0 aliphatic rings. The number of thiazole rings is 1. The van der Waals surface area contributed by atoms with E-state index in [0.29, 0.717) is 22.7 Å². The topological polar surface area (TPSA) is 81.9 Å². The van der Waals surface area contributed by atoms with Crippen LogP contribution in [0.15, 0.2) is 71.7 Å². The number of allylic oxidation sites excluding steroid dienone is 1. The third kappa shape index (κ3) is 5.98. The number of carbonyl (C=O) groups excluding carboxylic acids is 1. The maximum absolute atomic E-state index is 12.6. The Morgan fingerprint density at radius 2 is 2.00 bits per heavy atom. The van der Waals surface area contributed by atoms with Crippen molar-refractivity contribution in [3.63, 3.8) is 0 Å². The first kappa shape index (κ1) is 24.7. The van der Waals surface area contributed by atoms with Crippen molar-refractivity contribution < 1.29 is 9.53 Å². The summed E-state index contributed by atoms with van der Waals surface area (Å²) in [6.07, 6.45) is 1.46. The van der Waals surface area contributed by atoms with Gasteiger partial charge in [-0.2, -0.15) is 0 Å². The van der Waals surface area contributed by atoms with Gasteiger partial charge >= 0.3 is 0 Å². The molecule has 0 saturated carbocycles. The number of thioether (sulfide) groups is 1. The third-order valence-electron chi connectivity index (χ3n) is 5.43. The number of hydrogen-bond donors (Lipinski definition) is 1. The number of anilines is 1. The first-order valence-electron chi connectivity index (χ1n) is 11.2. The molecule has 1 unspecified atom stereocenters. The van der Waals surface area contributed by atoms with Crippen molar-refractivity contribution in [1.82, 2.24) is 19.7 Å². The highest BCUT2D eigenvalue weighted by atomic mass is 32.2. The van der Waals surface area contributed by atoms with E-state index in [1.165, 1.54) is 28.7 Å². The molecule has 2 aromatic heterocycles. The molecular formula is C26H27N5O2S2. The number of nitrogens with one attached hydrogen (secondary N) is 1. The second-order valence-corrected chi connectivity index (χ2v) is 9.74. The Morgan fingerprint density at radius 1 is 1.20 bits per heavy atom. The molecular weight excluding hydrogens is 478 g/mol. The number of nitrogens with zero attached hydrogens (tertiary/aromatic N) is 4. The monoisotopic (exact) mass is 505 g/mol. The average Bonchev–Trinajstić information content (AvgIpc) is 3.49. The van der Waals surface area contributed by atoms with Gasteiger partial charge in [-0.3, -0.25) is 9.36 Å². The van der Waals surface area contributed by atoms with Crippen LogP contribution in [0.5, 0.6) is 5.75 Å². The Hall–Kier alpha value is -3.43. The van der Waals surface area contributed by atoms with Crippen LogP contribution in [0.25, 0.3) is 11.3 Å². The molecule has 0 aliphatic carbocycles. The molecule has 1 atom stereocenters. The Bertz CT molecular complexity index is 1320. The highest BCUT2D eigenvalue weighted by molar-refractivity contribution is 7.99. The van der Waals surface area contributed by atoms with E-state index in [4.69, 9.17) is 4.74 Å². The van der Waals surface area contributed by atoms with E-state index in [2.05, 4.69) is 40.1 Å². The molecule has 0 spiro atoms. The first-order chi connectivity index (χ1) is 17.0. The van der Waals surface area contributed by atoms with Crippen LogP contribution in [0.2, 0.25) is 0 Å². The van der Waals surface area contributed by atoms with Crippen molar-refractivity contribution >= 4 is 34.1 Å². The molecule has 35 heavy (non-hydrogen) atoms. The van der Waals surface area contributed by atoms with Gasteiger partial charge in [0.05, 0.1) is 11.4 Å². The van der Waals surface area contributed by atoms with Crippen molar-refractivity contribution in [3.8, 4) is 17.0 Å². The van der Waals surface area contributed by atoms with E-state index < -0.39 is 0 Å². The number of carbonyl (C=O) groups is 1. The molecule has 4 rings (SSSR count). The van der Waals surface area contributed by atoms with E-state index in [1.807, 2.05) is 66.3 Å². The van der Waals surface area contributed by atoms with Crippen LogP contribution >= 0.6 is 23.1 Å². The lowest BCUT2D eigenvalue weighted by Crippen LogP contribution is -2.15. The molecule has 7 nitrogen and oxygen atoms in total. The van der Waals surface area contributed by atoms with Gasteiger partial charge in [-0.15, -0.1) is 28.1 Å². The van der Waals surface area contributed by atoms with Crippen LogP contribution in [0.3, 0.4) is 0 Å². The lowest BCUT2D eigenvalue weighted by molar-refractivity contribution is -0.113. The van der Waals surface area contributed by atoms with Crippen molar-refractivity contribution in [1.29, 1.82) is 0 Å². The Balaban J connectivity index is 1.40. The van der Waals surface area contributed by atoms with E-state index >= 15 is 0 Å². The number of amides is 1. The minimum atomic E-state index is -0.321. The van der Waals surface area contributed by atoms with Gasteiger partial charge in [0.1, 0.15) is 5.75 Å². The lowest BCUT2D eigenvalue weighted by Gasteiger charge is -2.18. The fourth-order valence-electron chi connectivity index (χ4n) is 3.46. The Labute approximate surface area is 213 Å². The van der Waals surface area contributed by atoms with E-state index in [9.17, 15) is 4.79 Å². The van der Waals surface area contributed by atoms with Crippen molar-refractivity contribution in [2.24, 2.45) is 0 Å². The summed E-state index contributed by atoms with van der Waals surface area (Å²) < 4.78 is 8.13.